The SMILES string of the molecule is C=CCC(C)C.CC(C)C.CC(C)C.CC(C)C.CC(C)C.CC(C)C.CC/C=C/CC(C)C.CC/C=C\CC(C)C.CCC#CCC(C)C. The Hall–Kier alpha value is -1.22. The average Bonchev–Trinajstić information content (AvgIpc) is 2.88. The Morgan fingerprint density at radius 3 is 0.720 bits per heavy atom. The van der Waals surface area contributed by atoms with Gasteiger partial charge in [-0.25, -0.2) is 0 Å². The molecule has 0 atom stereocenters. The molecule has 50 heavy (non-hydrogen) atoms. The Labute approximate surface area is 326 Å². The third kappa shape index (κ3) is 348. The highest BCUT2D eigenvalue weighted by Crippen LogP contribution is 2.00. The first kappa shape index (κ1) is 70.4. The largest absolute Gasteiger partial charge is 0.104 e. The van der Waals surface area contributed by atoms with E-state index >= 15 is 0 Å². The van der Waals surface area contributed by atoms with Gasteiger partial charge in [0.25, 0.3) is 0 Å². The quantitative estimate of drug-likeness (QED) is 0.165. The summed E-state index contributed by atoms with van der Waals surface area (Å²) < 4.78 is 0. The molecule has 0 saturated carbocycles. The molecule has 0 saturated heterocycles. The van der Waals surface area contributed by atoms with E-state index in [1.807, 2.05) is 6.08 Å². The van der Waals surface area contributed by atoms with Crippen LogP contribution in [0.2, 0.25) is 0 Å². The van der Waals surface area contributed by atoms with Crippen LogP contribution in [0.1, 0.15) is 225 Å². The minimum Gasteiger partial charge on any atom is -0.104 e. The molecule has 0 heterocycles. The maximum absolute atomic E-state index is 3.60. The van der Waals surface area contributed by atoms with Gasteiger partial charge in [0.2, 0.25) is 0 Å². The van der Waals surface area contributed by atoms with Gasteiger partial charge in [-0.2, -0.15) is 0 Å². The Morgan fingerprint density at radius 2 is 0.600 bits per heavy atom. The molecule has 0 aromatic rings. The van der Waals surface area contributed by atoms with Gasteiger partial charge in [0.05, 0.1) is 0 Å². The maximum Gasteiger partial charge on any atom is 0.0112 e. The average molecular weight is 709 g/mol. The number of hydrogen-bond acceptors (Lipinski definition) is 0. The van der Waals surface area contributed by atoms with Crippen LogP contribution in [-0.4, -0.2) is 0 Å². The van der Waals surface area contributed by atoms with Gasteiger partial charge in [-0.1, -0.05) is 210 Å². The van der Waals surface area contributed by atoms with Crippen molar-refractivity contribution in [2.24, 2.45) is 53.3 Å². The molecule has 0 N–H and O–H groups in total. The second-order valence-corrected chi connectivity index (χ2v) is 17.9. The van der Waals surface area contributed by atoms with E-state index in [9.17, 15) is 0 Å². The van der Waals surface area contributed by atoms with E-state index in [-0.39, 0.29) is 0 Å². The van der Waals surface area contributed by atoms with E-state index in [0.29, 0.717) is 0 Å². The molecule has 0 amide bonds. The van der Waals surface area contributed by atoms with Crippen molar-refractivity contribution in [2.75, 3.05) is 0 Å². The second-order valence-electron chi connectivity index (χ2n) is 17.9. The summed E-state index contributed by atoms with van der Waals surface area (Å²) in [7, 11) is 0. The Morgan fingerprint density at radius 1 is 0.360 bits per heavy atom. The molecule has 0 spiro atoms. The van der Waals surface area contributed by atoms with Crippen molar-refractivity contribution in [1.29, 1.82) is 0 Å². The highest BCUT2D eigenvalue weighted by Gasteiger charge is 1.86. The van der Waals surface area contributed by atoms with Gasteiger partial charge >= 0.3 is 0 Å². The van der Waals surface area contributed by atoms with Crippen LogP contribution in [0.5, 0.6) is 0 Å². The fraction of sp³-hybridized carbons (Fsp3) is 0.840. The highest BCUT2D eigenvalue weighted by atomic mass is 13.9. The van der Waals surface area contributed by atoms with E-state index in [1.165, 1.54) is 25.7 Å². The number of rotatable bonds is 9. The van der Waals surface area contributed by atoms with Crippen LogP contribution in [0.4, 0.5) is 0 Å². The first-order chi connectivity index (χ1) is 22.7. The molecular weight excluding hydrogens is 601 g/mol. The fourth-order valence-corrected chi connectivity index (χ4v) is 1.80. The molecule has 0 rings (SSSR count). The summed E-state index contributed by atoms with van der Waals surface area (Å²) in [5.74, 6) is 13.4. The summed E-state index contributed by atoms with van der Waals surface area (Å²) in [4.78, 5) is 0. The summed E-state index contributed by atoms with van der Waals surface area (Å²) in [6, 6.07) is 0. The molecule has 0 aliphatic rings. The monoisotopic (exact) mass is 709 g/mol. The van der Waals surface area contributed by atoms with Crippen LogP contribution >= 0.6 is 0 Å². The number of allylic oxidation sites excluding steroid dienone is 5. The molecule has 0 aromatic heterocycles. The third-order valence-electron chi connectivity index (χ3n) is 3.47. The first-order valence-corrected chi connectivity index (χ1v) is 21.1. The van der Waals surface area contributed by atoms with Crippen LogP contribution in [0.3, 0.4) is 0 Å². The van der Waals surface area contributed by atoms with E-state index < -0.39 is 0 Å². The zero-order valence-electron chi connectivity index (χ0n) is 40.7. The summed E-state index contributed by atoms with van der Waals surface area (Å²) in [5, 5.41) is 0. The third-order valence-corrected chi connectivity index (χ3v) is 3.47. The predicted octanol–water partition coefficient (Wildman–Crippen LogP) is 19.0. The molecule has 0 unspecified atom stereocenters. The van der Waals surface area contributed by atoms with Gasteiger partial charge in [-0.3, -0.25) is 0 Å². The van der Waals surface area contributed by atoms with Gasteiger partial charge in [0, 0.05) is 12.8 Å². The fourth-order valence-electron chi connectivity index (χ4n) is 1.80. The Bertz CT molecular complexity index is 540. The van der Waals surface area contributed by atoms with Gasteiger partial charge in [-0.05, 0) is 85.4 Å². The van der Waals surface area contributed by atoms with Crippen LogP contribution < -0.4 is 0 Å². The lowest BCUT2D eigenvalue weighted by Gasteiger charge is -1.94. The summed E-state index contributed by atoms with van der Waals surface area (Å²) in [6.45, 7) is 60.2. The topological polar surface area (TPSA) is 0 Å². The van der Waals surface area contributed by atoms with Crippen LogP contribution in [0.15, 0.2) is 37.0 Å². The second kappa shape index (κ2) is 66.1. The highest BCUT2D eigenvalue weighted by molar-refractivity contribution is 4.98. The maximum atomic E-state index is 3.60. The molecule has 0 aliphatic heterocycles. The van der Waals surface area contributed by atoms with Crippen molar-refractivity contribution in [2.45, 2.75) is 225 Å². The molecule has 308 valence electrons. The van der Waals surface area contributed by atoms with Crippen molar-refractivity contribution in [1.82, 2.24) is 0 Å². The first-order valence-electron chi connectivity index (χ1n) is 21.1. The Kier molecular flexibility index (Phi) is 93.0. The standard InChI is InChI=1S/2C8H16.C8H14.C6H12.5C4H10/c3*1-4-5-6-7-8(2)3;1-4-5-6(2)3;5*1-4(2)3/h2*5-6,8H,4,7H2,1-3H3;8H,4,7H2,1-3H3;4,6H,1,5H2,2-3H3;5*4H,1-3H3/b6-5+;6-5-;;;;;;;. The van der Waals surface area contributed by atoms with Gasteiger partial charge in [-0.15, -0.1) is 18.4 Å². The van der Waals surface area contributed by atoms with Crippen LogP contribution in [0.25, 0.3) is 0 Å². The van der Waals surface area contributed by atoms with Gasteiger partial charge in [0.15, 0.2) is 0 Å². The molecule has 0 aromatic carbocycles. The van der Waals surface area contributed by atoms with E-state index in [4.69, 9.17) is 0 Å². The lowest BCUT2D eigenvalue weighted by Crippen LogP contribution is -1.80. The van der Waals surface area contributed by atoms with Gasteiger partial charge < -0.3 is 0 Å². The van der Waals surface area contributed by atoms with Gasteiger partial charge in [0.1, 0.15) is 0 Å². The van der Waals surface area contributed by atoms with Crippen molar-refractivity contribution in [3.8, 4) is 11.8 Å². The van der Waals surface area contributed by atoms with E-state index in [1.54, 1.807) is 0 Å². The zero-order valence-corrected chi connectivity index (χ0v) is 40.7. The lowest BCUT2D eigenvalue weighted by molar-refractivity contribution is 0.662. The minimum absolute atomic E-state index is 0.731. The molecule has 0 aliphatic carbocycles. The minimum atomic E-state index is 0.731. The lowest BCUT2D eigenvalue weighted by atomic mass is 10.1. The number of hydrogen-bond donors (Lipinski definition) is 0. The smallest absolute Gasteiger partial charge is 0.0112 e. The molecule has 0 nitrogen and oxygen atoms in total. The summed E-state index contributed by atoms with van der Waals surface area (Å²) >= 11 is 0. The molecular formula is C50H108. The van der Waals surface area contributed by atoms with Crippen molar-refractivity contribution in [3.63, 3.8) is 0 Å². The van der Waals surface area contributed by atoms with Crippen molar-refractivity contribution in [3.05, 3.63) is 37.0 Å². The van der Waals surface area contributed by atoms with Crippen LogP contribution in [-0.2, 0) is 0 Å². The summed E-state index contributed by atoms with van der Waals surface area (Å²) in [5.41, 5.74) is 0. The van der Waals surface area contributed by atoms with Crippen molar-refractivity contribution < 1.29 is 0 Å². The Balaban J connectivity index is -0.0000000550. The molecule has 0 fully saturated rings. The molecule has 0 radical (unpaired) electrons. The predicted molar refractivity (Wildman–Crippen MR) is 248 cm³/mol. The van der Waals surface area contributed by atoms with Crippen molar-refractivity contribution >= 4 is 0 Å². The zero-order chi connectivity index (χ0) is 42.1. The molecule has 0 heteroatoms. The molecule has 0 bridgehead atoms. The van der Waals surface area contributed by atoms with E-state index in [2.05, 4.69) is 223 Å². The van der Waals surface area contributed by atoms with Crippen LogP contribution in [0, 0.1) is 65.1 Å². The van der Waals surface area contributed by atoms with E-state index in [0.717, 1.165) is 72.5 Å². The normalized spacial score (nSPS) is 9.74. The summed E-state index contributed by atoms with van der Waals surface area (Å²) in [6.07, 6.45) is 18.9.